The Labute approximate surface area is 123 Å². The third-order valence-corrected chi connectivity index (χ3v) is 4.41. The van der Waals surface area contributed by atoms with E-state index < -0.39 is 0 Å². The average molecular weight is 326 g/mol. The second-order valence-corrected chi connectivity index (χ2v) is 5.92. The molecular formula is C15H20BrNO2. The Bertz CT molecular complexity index is 461. The largest absolute Gasteiger partial charge is 0.496 e. The summed E-state index contributed by atoms with van der Waals surface area (Å²) in [7, 11) is 1.62. The molecular weight excluding hydrogens is 306 g/mol. The van der Waals surface area contributed by atoms with Crippen LogP contribution >= 0.6 is 15.9 Å². The second kappa shape index (κ2) is 6.53. The molecule has 1 aromatic rings. The Morgan fingerprint density at radius 3 is 2.89 bits per heavy atom. The number of Topliss-reactive ketones (excluding diaryl/α,β-unsaturated/α-hetero) is 1. The molecule has 1 unspecified atom stereocenters. The first kappa shape index (κ1) is 14.5. The van der Waals surface area contributed by atoms with Gasteiger partial charge in [0.05, 0.1) is 18.1 Å². The van der Waals surface area contributed by atoms with Crippen LogP contribution in [0.3, 0.4) is 0 Å². The van der Waals surface area contributed by atoms with Crippen molar-refractivity contribution in [3.05, 3.63) is 28.2 Å². The predicted molar refractivity (Wildman–Crippen MR) is 79.9 cm³/mol. The molecule has 0 spiro atoms. The quantitative estimate of drug-likeness (QED) is 0.777. The van der Waals surface area contributed by atoms with Gasteiger partial charge < -0.3 is 4.74 Å². The van der Waals surface area contributed by atoms with Crippen molar-refractivity contribution in [1.82, 2.24) is 4.90 Å². The topological polar surface area (TPSA) is 29.5 Å². The molecule has 4 heteroatoms. The van der Waals surface area contributed by atoms with E-state index in [-0.39, 0.29) is 5.78 Å². The van der Waals surface area contributed by atoms with Gasteiger partial charge in [0.15, 0.2) is 5.78 Å². The zero-order valence-corrected chi connectivity index (χ0v) is 13.1. The first-order valence-corrected chi connectivity index (χ1v) is 7.52. The summed E-state index contributed by atoms with van der Waals surface area (Å²) in [6.45, 7) is 4.84. The van der Waals surface area contributed by atoms with Gasteiger partial charge in [-0.25, -0.2) is 0 Å². The highest BCUT2D eigenvalue weighted by molar-refractivity contribution is 9.10. The lowest BCUT2D eigenvalue weighted by molar-refractivity contribution is 0.0943. The van der Waals surface area contributed by atoms with Crippen molar-refractivity contribution in [1.29, 1.82) is 0 Å². The molecule has 0 N–H and O–H groups in total. The molecule has 3 nitrogen and oxygen atoms in total. The van der Waals surface area contributed by atoms with Gasteiger partial charge in [0, 0.05) is 12.1 Å². The van der Waals surface area contributed by atoms with Crippen molar-refractivity contribution < 1.29 is 9.53 Å². The van der Waals surface area contributed by atoms with Crippen molar-refractivity contribution in [2.24, 2.45) is 5.92 Å². The molecule has 19 heavy (non-hydrogen) atoms. The van der Waals surface area contributed by atoms with E-state index in [9.17, 15) is 4.79 Å². The molecule has 0 bridgehead atoms. The molecule has 0 saturated carbocycles. The predicted octanol–water partition coefficient (Wildman–Crippen LogP) is 3.37. The van der Waals surface area contributed by atoms with Crippen LogP contribution in [-0.2, 0) is 0 Å². The number of hydrogen-bond donors (Lipinski definition) is 0. The number of likely N-dealkylation sites (tertiary alicyclic amines) is 1. The number of benzene rings is 1. The Hall–Kier alpha value is -0.870. The first-order chi connectivity index (χ1) is 9.13. The number of hydrogen-bond acceptors (Lipinski definition) is 3. The Morgan fingerprint density at radius 2 is 2.32 bits per heavy atom. The second-order valence-electron chi connectivity index (χ2n) is 5.07. The molecule has 2 rings (SSSR count). The molecule has 0 amide bonds. The summed E-state index contributed by atoms with van der Waals surface area (Å²) in [4.78, 5) is 14.5. The molecule has 0 aromatic heterocycles. The monoisotopic (exact) mass is 325 g/mol. The molecule has 1 atom stereocenters. The van der Waals surface area contributed by atoms with E-state index in [1.165, 1.54) is 12.8 Å². The van der Waals surface area contributed by atoms with Gasteiger partial charge in [-0.05, 0) is 53.0 Å². The lowest BCUT2D eigenvalue weighted by Gasteiger charge is -2.15. The van der Waals surface area contributed by atoms with Crippen LogP contribution in [0.4, 0.5) is 0 Å². The Morgan fingerprint density at radius 1 is 1.53 bits per heavy atom. The summed E-state index contributed by atoms with van der Waals surface area (Å²) in [5.41, 5.74) is 0.743. The maximum absolute atomic E-state index is 12.2. The number of methoxy groups -OCH3 is 1. The Balaban J connectivity index is 1.98. The van der Waals surface area contributed by atoms with Crippen molar-refractivity contribution >= 4 is 21.7 Å². The van der Waals surface area contributed by atoms with Crippen LogP contribution in [0.5, 0.6) is 5.75 Å². The van der Waals surface area contributed by atoms with Crippen molar-refractivity contribution in [3.63, 3.8) is 0 Å². The van der Waals surface area contributed by atoms with E-state index in [4.69, 9.17) is 4.74 Å². The third-order valence-electron chi connectivity index (χ3n) is 3.79. The van der Waals surface area contributed by atoms with Gasteiger partial charge in [-0.2, -0.15) is 0 Å². The van der Waals surface area contributed by atoms with E-state index in [1.54, 1.807) is 7.11 Å². The summed E-state index contributed by atoms with van der Waals surface area (Å²) >= 11 is 3.42. The normalized spacial score (nSPS) is 19.6. The minimum absolute atomic E-state index is 0.181. The fourth-order valence-corrected chi connectivity index (χ4v) is 3.06. The SMILES string of the molecule is CCC1CCN(CC(=O)c2ccc(OC)c(Br)c2)C1. The van der Waals surface area contributed by atoms with E-state index in [0.29, 0.717) is 6.54 Å². The molecule has 0 radical (unpaired) electrons. The highest BCUT2D eigenvalue weighted by Crippen LogP contribution is 2.26. The van der Waals surface area contributed by atoms with Gasteiger partial charge in [-0.3, -0.25) is 9.69 Å². The number of ketones is 1. The van der Waals surface area contributed by atoms with Crippen molar-refractivity contribution in [3.8, 4) is 5.75 Å². The molecule has 104 valence electrons. The maximum atomic E-state index is 12.2. The van der Waals surface area contributed by atoms with Gasteiger partial charge >= 0.3 is 0 Å². The van der Waals surface area contributed by atoms with Gasteiger partial charge in [0.2, 0.25) is 0 Å². The minimum Gasteiger partial charge on any atom is -0.496 e. The smallest absolute Gasteiger partial charge is 0.176 e. The molecule has 1 aromatic carbocycles. The summed E-state index contributed by atoms with van der Waals surface area (Å²) in [6.07, 6.45) is 2.43. The van der Waals surface area contributed by atoms with Gasteiger partial charge in [-0.1, -0.05) is 13.3 Å². The fourth-order valence-electron chi connectivity index (χ4n) is 2.52. The van der Waals surface area contributed by atoms with Crippen LogP contribution in [0.25, 0.3) is 0 Å². The van der Waals surface area contributed by atoms with E-state index in [2.05, 4.69) is 27.8 Å². The number of carbonyl (C=O) groups is 1. The van der Waals surface area contributed by atoms with Crippen LogP contribution < -0.4 is 4.74 Å². The summed E-state index contributed by atoms with van der Waals surface area (Å²) in [5.74, 6) is 1.69. The number of nitrogens with zero attached hydrogens (tertiary/aromatic N) is 1. The fraction of sp³-hybridized carbons (Fsp3) is 0.533. The number of rotatable bonds is 5. The van der Waals surface area contributed by atoms with Crippen LogP contribution in [-0.4, -0.2) is 37.4 Å². The minimum atomic E-state index is 0.181. The third kappa shape index (κ3) is 3.57. The first-order valence-electron chi connectivity index (χ1n) is 6.73. The summed E-state index contributed by atoms with van der Waals surface area (Å²) in [6, 6.07) is 5.50. The molecule has 1 saturated heterocycles. The van der Waals surface area contributed by atoms with Crippen molar-refractivity contribution in [2.75, 3.05) is 26.7 Å². The summed E-state index contributed by atoms with van der Waals surface area (Å²) in [5, 5.41) is 0. The van der Waals surface area contributed by atoms with Crippen LogP contribution in [0.1, 0.15) is 30.1 Å². The molecule has 0 aliphatic carbocycles. The zero-order valence-electron chi connectivity index (χ0n) is 11.5. The van der Waals surface area contributed by atoms with Gasteiger partial charge in [-0.15, -0.1) is 0 Å². The highest BCUT2D eigenvalue weighted by Gasteiger charge is 2.23. The number of carbonyl (C=O) groups excluding carboxylic acids is 1. The van der Waals surface area contributed by atoms with E-state index in [1.807, 2.05) is 18.2 Å². The standard InChI is InChI=1S/C15H20BrNO2/c1-3-11-6-7-17(9-11)10-14(18)12-4-5-15(19-2)13(16)8-12/h4-5,8,11H,3,6-7,9-10H2,1-2H3. The van der Waals surface area contributed by atoms with Gasteiger partial charge in [0.25, 0.3) is 0 Å². The van der Waals surface area contributed by atoms with E-state index in [0.717, 1.165) is 34.8 Å². The number of halogens is 1. The average Bonchev–Trinajstić information content (AvgIpc) is 2.86. The maximum Gasteiger partial charge on any atom is 0.176 e. The van der Waals surface area contributed by atoms with Crippen LogP contribution in [0, 0.1) is 5.92 Å². The molecule has 1 heterocycles. The lowest BCUT2D eigenvalue weighted by atomic mass is 10.1. The van der Waals surface area contributed by atoms with Crippen LogP contribution in [0.2, 0.25) is 0 Å². The lowest BCUT2D eigenvalue weighted by Crippen LogP contribution is -2.27. The van der Waals surface area contributed by atoms with Crippen molar-refractivity contribution in [2.45, 2.75) is 19.8 Å². The Kier molecular flexibility index (Phi) is 4.99. The van der Waals surface area contributed by atoms with Crippen LogP contribution in [0.15, 0.2) is 22.7 Å². The summed E-state index contributed by atoms with van der Waals surface area (Å²) < 4.78 is 6.00. The van der Waals surface area contributed by atoms with Gasteiger partial charge in [0.1, 0.15) is 5.75 Å². The molecule has 1 aliphatic heterocycles. The molecule has 1 fully saturated rings. The highest BCUT2D eigenvalue weighted by atomic mass is 79.9. The van der Waals surface area contributed by atoms with E-state index >= 15 is 0 Å². The molecule has 1 aliphatic rings. The zero-order chi connectivity index (χ0) is 13.8. The number of ether oxygens (including phenoxy) is 1.